The lowest BCUT2D eigenvalue weighted by Gasteiger charge is -2.30. The van der Waals surface area contributed by atoms with E-state index >= 15 is 0 Å². The Labute approximate surface area is 105 Å². The van der Waals surface area contributed by atoms with Crippen LogP contribution in [-0.4, -0.2) is 25.2 Å². The van der Waals surface area contributed by atoms with Crippen molar-refractivity contribution in [3.63, 3.8) is 0 Å². The fraction of sp³-hybridized carbons (Fsp3) is 0.917. The third kappa shape index (κ3) is 4.48. The van der Waals surface area contributed by atoms with Gasteiger partial charge in [-0.2, -0.15) is 13.2 Å². The van der Waals surface area contributed by atoms with E-state index in [0.717, 1.165) is 6.42 Å². The molecule has 1 fully saturated rings. The largest absolute Gasteiger partial charge is 0.391 e. The third-order valence-corrected chi connectivity index (χ3v) is 3.61. The van der Waals surface area contributed by atoms with E-state index in [0.29, 0.717) is 13.0 Å². The van der Waals surface area contributed by atoms with Gasteiger partial charge in [-0.15, -0.1) is 0 Å². The molecule has 0 spiro atoms. The Morgan fingerprint density at radius 3 is 2.67 bits per heavy atom. The molecule has 3 nitrogen and oxygen atoms in total. The zero-order valence-electron chi connectivity index (χ0n) is 10.6. The highest BCUT2D eigenvalue weighted by Gasteiger charge is 2.42. The third-order valence-electron chi connectivity index (χ3n) is 3.61. The standard InChI is InChI=1S/C12H21F3N2O/c1-8(6-16)11(18)17-7-9-3-2-4-10(5-9)12(13,14)15/h8-10H,2-7,16H2,1H3,(H,17,18). The number of nitrogens with two attached hydrogens (primary N) is 1. The van der Waals surface area contributed by atoms with E-state index in [1.54, 1.807) is 6.92 Å². The minimum atomic E-state index is -4.10. The van der Waals surface area contributed by atoms with E-state index in [-0.39, 0.29) is 37.1 Å². The molecule has 1 saturated carbocycles. The minimum Gasteiger partial charge on any atom is -0.356 e. The van der Waals surface area contributed by atoms with Gasteiger partial charge in [-0.25, -0.2) is 0 Å². The highest BCUT2D eigenvalue weighted by atomic mass is 19.4. The van der Waals surface area contributed by atoms with Gasteiger partial charge in [-0.3, -0.25) is 4.79 Å². The molecule has 18 heavy (non-hydrogen) atoms. The Bertz CT molecular complexity index is 281. The first kappa shape index (κ1) is 15.3. The summed E-state index contributed by atoms with van der Waals surface area (Å²) in [5.41, 5.74) is 5.35. The van der Waals surface area contributed by atoms with Crippen LogP contribution in [0.15, 0.2) is 0 Å². The second-order valence-corrected chi connectivity index (χ2v) is 5.15. The molecule has 0 aliphatic heterocycles. The van der Waals surface area contributed by atoms with Crippen LogP contribution in [-0.2, 0) is 4.79 Å². The van der Waals surface area contributed by atoms with Crippen LogP contribution in [0.25, 0.3) is 0 Å². The first-order valence-corrected chi connectivity index (χ1v) is 6.39. The van der Waals surface area contributed by atoms with Crippen molar-refractivity contribution < 1.29 is 18.0 Å². The van der Waals surface area contributed by atoms with Crippen LogP contribution >= 0.6 is 0 Å². The predicted octanol–water partition coefficient (Wildman–Crippen LogP) is 2.07. The lowest BCUT2D eigenvalue weighted by Crippen LogP contribution is -2.38. The van der Waals surface area contributed by atoms with Crippen molar-refractivity contribution in [2.75, 3.05) is 13.1 Å². The summed E-state index contributed by atoms with van der Waals surface area (Å²) in [6.07, 6.45) is -2.43. The van der Waals surface area contributed by atoms with E-state index in [4.69, 9.17) is 5.73 Å². The summed E-state index contributed by atoms with van der Waals surface area (Å²) < 4.78 is 37.8. The summed E-state index contributed by atoms with van der Waals surface area (Å²) in [4.78, 5) is 11.5. The first-order chi connectivity index (χ1) is 8.34. The summed E-state index contributed by atoms with van der Waals surface area (Å²) in [6.45, 7) is 2.28. The number of halogens is 3. The Morgan fingerprint density at radius 1 is 1.44 bits per heavy atom. The summed E-state index contributed by atoms with van der Waals surface area (Å²) in [5.74, 6) is -1.74. The van der Waals surface area contributed by atoms with Gasteiger partial charge in [0.2, 0.25) is 5.91 Å². The zero-order chi connectivity index (χ0) is 13.8. The molecule has 6 heteroatoms. The van der Waals surface area contributed by atoms with Gasteiger partial charge in [0, 0.05) is 19.0 Å². The lowest BCUT2D eigenvalue weighted by atomic mass is 9.81. The van der Waals surface area contributed by atoms with Crippen molar-refractivity contribution in [1.29, 1.82) is 0 Å². The molecule has 106 valence electrons. The molecule has 0 aromatic carbocycles. The van der Waals surface area contributed by atoms with Crippen LogP contribution in [0.2, 0.25) is 0 Å². The van der Waals surface area contributed by atoms with Gasteiger partial charge >= 0.3 is 6.18 Å². The first-order valence-electron chi connectivity index (χ1n) is 6.39. The minimum absolute atomic E-state index is 0.0701. The van der Waals surface area contributed by atoms with E-state index in [1.165, 1.54) is 0 Å². The number of rotatable bonds is 4. The molecule has 1 rings (SSSR count). The molecule has 3 atom stereocenters. The number of nitrogens with one attached hydrogen (secondary N) is 1. The number of amides is 1. The van der Waals surface area contributed by atoms with E-state index in [2.05, 4.69) is 5.32 Å². The maximum Gasteiger partial charge on any atom is 0.391 e. The van der Waals surface area contributed by atoms with Crippen LogP contribution in [0.1, 0.15) is 32.6 Å². The van der Waals surface area contributed by atoms with Crippen molar-refractivity contribution in [3.8, 4) is 0 Å². The van der Waals surface area contributed by atoms with Crippen LogP contribution < -0.4 is 11.1 Å². The molecular weight excluding hydrogens is 245 g/mol. The van der Waals surface area contributed by atoms with Crippen molar-refractivity contribution in [2.24, 2.45) is 23.5 Å². The van der Waals surface area contributed by atoms with Crippen molar-refractivity contribution >= 4 is 5.91 Å². The molecule has 1 aliphatic carbocycles. The van der Waals surface area contributed by atoms with Gasteiger partial charge in [0.1, 0.15) is 0 Å². The summed E-state index contributed by atoms with van der Waals surface area (Å²) >= 11 is 0. The number of carbonyl (C=O) groups excluding carboxylic acids is 1. The topological polar surface area (TPSA) is 55.1 Å². The molecule has 0 bridgehead atoms. The molecule has 0 saturated heterocycles. The molecule has 3 N–H and O–H groups in total. The molecule has 3 unspecified atom stereocenters. The molecule has 0 heterocycles. The molecular formula is C12H21F3N2O. The quantitative estimate of drug-likeness (QED) is 0.818. The second-order valence-electron chi connectivity index (χ2n) is 5.15. The Balaban J connectivity index is 2.37. The predicted molar refractivity (Wildman–Crippen MR) is 62.7 cm³/mol. The number of hydrogen-bond acceptors (Lipinski definition) is 2. The van der Waals surface area contributed by atoms with Crippen molar-refractivity contribution in [3.05, 3.63) is 0 Å². The SMILES string of the molecule is CC(CN)C(=O)NCC1CCCC(C(F)(F)F)C1. The molecule has 1 aliphatic rings. The second kappa shape index (κ2) is 6.41. The number of carbonyl (C=O) groups is 1. The van der Waals surface area contributed by atoms with Crippen LogP contribution in [0, 0.1) is 17.8 Å². The molecule has 1 amide bonds. The van der Waals surface area contributed by atoms with Gasteiger partial charge in [0.05, 0.1) is 5.92 Å². The fourth-order valence-electron chi connectivity index (χ4n) is 2.30. The van der Waals surface area contributed by atoms with Crippen molar-refractivity contribution in [2.45, 2.75) is 38.8 Å². The van der Waals surface area contributed by atoms with Crippen LogP contribution in [0.3, 0.4) is 0 Å². The highest BCUT2D eigenvalue weighted by Crippen LogP contribution is 2.39. The summed E-state index contributed by atoms with van der Waals surface area (Å²) in [7, 11) is 0. The molecule has 0 aromatic rings. The van der Waals surface area contributed by atoms with Gasteiger partial charge in [0.15, 0.2) is 0 Å². The van der Waals surface area contributed by atoms with Gasteiger partial charge in [-0.05, 0) is 25.2 Å². The normalized spacial score (nSPS) is 26.7. The van der Waals surface area contributed by atoms with Gasteiger partial charge in [0.25, 0.3) is 0 Å². The number of alkyl halides is 3. The summed E-state index contributed by atoms with van der Waals surface area (Å²) in [6, 6.07) is 0. The smallest absolute Gasteiger partial charge is 0.356 e. The van der Waals surface area contributed by atoms with Crippen molar-refractivity contribution in [1.82, 2.24) is 5.32 Å². The lowest BCUT2D eigenvalue weighted by molar-refractivity contribution is -0.185. The van der Waals surface area contributed by atoms with E-state index in [9.17, 15) is 18.0 Å². The Hall–Kier alpha value is -0.780. The fourth-order valence-corrected chi connectivity index (χ4v) is 2.30. The maximum atomic E-state index is 12.6. The summed E-state index contributed by atoms with van der Waals surface area (Å²) in [5, 5.41) is 2.69. The number of hydrogen-bond donors (Lipinski definition) is 2. The molecule has 0 radical (unpaired) electrons. The van der Waals surface area contributed by atoms with E-state index in [1.807, 2.05) is 0 Å². The van der Waals surface area contributed by atoms with Gasteiger partial charge < -0.3 is 11.1 Å². The van der Waals surface area contributed by atoms with Crippen LogP contribution in [0.5, 0.6) is 0 Å². The maximum absolute atomic E-state index is 12.6. The highest BCUT2D eigenvalue weighted by molar-refractivity contribution is 5.78. The average molecular weight is 266 g/mol. The van der Waals surface area contributed by atoms with Crippen LogP contribution in [0.4, 0.5) is 13.2 Å². The van der Waals surface area contributed by atoms with E-state index < -0.39 is 12.1 Å². The average Bonchev–Trinajstić information content (AvgIpc) is 2.34. The Morgan fingerprint density at radius 2 is 2.11 bits per heavy atom. The van der Waals surface area contributed by atoms with Gasteiger partial charge in [-0.1, -0.05) is 13.3 Å². The zero-order valence-corrected chi connectivity index (χ0v) is 10.6. The Kier molecular flexibility index (Phi) is 5.44. The monoisotopic (exact) mass is 266 g/mol. The molecule has 0 aromatic heterocycles.